The number of hydrogen-bond donors (Lipinski definition) is 1. The van der Waals surface area contributed by atoms with Gasteiger partial charge in [-0.05, 0) is 35.2 Å². The molecule has 0 fully saturated rings. The molecule has 0 aliphatic rings. The molecule has 3 aromatic rings. The summed E-state index contributed by atoms with van der Waals surface area (Å²) in [5, 5.41) is 2.78. The Morgan fingerprint density at radius 2 is 1.62 bits per heavy atom. The second-order valence-electron chi connectivity index (χ2n) is 6.92. The molecule has 4 nitrogen and oxygen atoms in total. The Morgan fingerprint density at radius 3 is 2.19 bits per heavy atom. The van der Waals surface area contributed by atoms with Crippen molar-refractivity contribution in [1.82, 2.24) is 4.98 Å². The van der Waals surface area contributed by atoms with E-state index >= 15 is 0 Å². The van der Waals surface area contributed by atoms with Crippen LogP contribution in [-0.2, 0) is 15.4 Å². The molecule has 136 valence electrons. The van der Waals surface area contributed by atoms with Gasteiger partial charge in [-0.25, -0.2) is 13.4 Å². The minimum atomic E-state index is -3.67. The Bertz CT molecular complexity index is 1000. The van der Waals surface area contributed by atoms with Gasteiger partial charge in [0.1, 0.15) is 0 Å². The molecule has 7 heteroatoms. The number of thiazole rings is 1. The van der Waals surface area contributed by atoms with Crippen molar-refractivity contribution in [3.63, 3.8) is 0 Å². The fourth-order valence-corrected chi connectivity index (χ4v) is 4.48. The van der Waals surface area contributed by atoms with Gasteiger partial charge in [0.25, 0.3) is 10.0 Å². The molecular formula is C19H19ClN2O2S2. The highest BCUT2D eigenvalue weighted by Crippen LogP contribution is 2.28. The van der Waals surface area contributed by atoms with Crippen LogP contribution in [0.5, 0.6) is 0 Å². The van der Waals surface area contributed by atoms with E-state index in [1.54, 1.807) is 24.3 Å². The van der Waals surface area contributed by atoms with Gasteiger partial charge in [0, 0.05) is 16.0 Å². The second-order valence-corrected chi connectivity index (χ2v) is 9.90. The summed E-state index contributed by atoms with van der Waals surface area (Å²) in [5.74, 6) is 0. The van der Waals surface area contributed by atoms with Crippen molar-refractivity contribution >= 4 is 38.1 Å². The third-order valence-electron chi connectivity index (χ3n) is 3.90. The number of aromatic nitrogens is 1. The number of benzene rings is 2. The van der Waals surface area contributed by atoms with Crippen LogP contribution in [0.15, 0.2) is 58.8 Å². The minimum absolute atomic E-state index is 0.0293. The highest BCUT2D eigenvalue weighted by Gasteiger charge is 2.19. The molecule has 1 N–H and O–H groups in total. The molecule has 26 heavy (non-hydrogen) atoms. The van der Waals surface area contributed by atoms with Crippen LogP contribution >= 0.6 is 22.9 Å². The number of anilines is 1. The van der Waals surface area contributed by atoms with E-state index in [2.05, 4.69) is 30.5 Å². The van der Waals surface area contributed by atoms with Crippen molar-refractivity contribution in [2.24, 2.45) is 0 Å². The van der Waals surface area contributed by atoms with Gasteiger partial charge in [-0.1, -0.05) is 56.6 Å². The van der Waals surface area contributed by atoms with Crippen molar-refractivity contribution in [1.29, 1.82) is 0 Å². The molecule has 0 radical (unpaired) electrons. The fraction of sp³-hybridized carbons (Fsp3) is 0.211. The average Bonchev–Trinajstić information content (AvgIpc) is 3.02. The first-order chi connectivity index (χ1) is 12.1. The summed E-state index contributed by atoms with van der Waals surface area (Å²) in [6.45, 7) is 6.26. The summed E-state index contributed by atoms with van der Waals surface area (Å²) in [4.78, 5) is 4.58. The van der Waals surface area contributed by atoms with E-state index in [9.17, 15) is 8.42 Å². The van der Waals surface area contributed by atoms with Crippen molar-refractivity contribution < 1.29 is 8.42 Å². The quantitative estimate of drug-likeness (QED) is 0.616. The molecular weight excluding hydrogens is 388 g/mol. The molecule has 3 rings (SSSR count). The molecule has 0 amide bonds. The Hall–Kier alpha value is -1.89. The Kier molecular flexibility index (Phi) is 5.10. The highest BCUT2D eigenvalue weighted by atomic mass is 35.5. The topological polar surface area (TPSA) is 59.1 Å². The van der Waals surface area contributed by atoms with Gasteiger partial charge >= 0.3 is 0 Å². The normalized spacial score (nSPS) is 12.2. The van der Waals surface area contributed by atoms with Crippen LogP contribution in [0.1, 0.15) is 26.3 Å². The maximum Gasteiger partial charge on any atom is 0.263 e. The maximum atomic E-state index is 12.6. The van der Waals surface area contributed by atoms with Gasteiger partial charge in [0.05, 0.1) is 10.6 Å². The van der Waals surface area contributed by atoms with Gasteiger partial charge in [0.2, 0.25) is 0 Å². The number of hydrogen-bond acceptors (Lipinski definition) is 4. The predicted octanol–water partition coefficient (Wildman–Crippen LogP) is 5.56. The summed E-state index contributed by atoms with van der Waals surface area (Å²) in [7, 11) is -3.67. The first kappa shape index (κ1) is 18.9. The Morgan fingerprint density at radius 1 is 1.00 bits per heavy atom. The van der Waals surface area contributed by atoms with Crippen molar-refractivity contribution in [3.8, 4) is 11.3 Å². The molecule has 0 saturated carbocycles. The molecule has 0 aliphatic carbocycles. The molecule has 2 aromatic carbocycles. The third-order valence-corrected chi connectivity index (χ3v) is 6.39. The summed E-state index contributed by atoms with van der Waals surface area (Å²) < 4.78 is 27.7. The van der Waals surface area contributed by atoms with E-state index in [-0.39, 0.29) is 10.3 Å². The van der Waals surface area contributed by atoms with Gasteiger partial charge in [-0.15, -0.1) is 11.3 Å². The predicted molar refractivity (Wildman–Crippen MR) is 109 cm³/mol. The molecule has 0 bridgehead atoms. The second kappa shape index (κ2) is 7.02. The zero-order valence-electron chi connectivity index (χ0n) is 14.7. The molecule has 0 spiro atoms. The lowest BCUT2D eigenvalue weighted by molar-refractivity contribution is 0.587. The average molecular weight is 407 g/mol. The highest BCUT2D eigenvalue weighted by molar-refractivity contribution is 7.93. The van der Waals surface area contributed by atoms with Crippen LogP contribution in [0.3, 0.4) is 0 Å². The van der Waals surface area contributed by atoms with Crippen LogP contribution in [0, 0.1) is 0 Å². The molecule has 0 unspecified atom stereocenters. The van der Waals surface area contributed by atoms with Crippen LogP contribution in [0.25, 0.3) is 11.3 Å². The lowest BCUT2D eigenvalue weighted by Gasteiger charge is -2.19. The molecule has 0 saturated heterocycles. The monoisotopic (exact) mass is 406 g/mol. The van der Waals surface area contributed by atoms with Crippen LogP contribution < -0.4 is 4.72 Å². The lowest BCUT2D eigenvalue weighted by Crippen LogP contribution is -2.14. The summed E-state index contributed by atoms with van der Waals surface area (Å²) in [5.41, 5.74) is 2.63. The van der Waals surface area contributed by atoms with E-state index in [0.29, 0.717) is 15.8 Å². The van der Waals surface area contributed by atoms with E-state index in [1.165, 1.54) is 11.3 Å². The summed E-state index contributed by atoms with van der Waals surface area (Å²) in [6.07, 6.45) is 0. The number of sulfonamides is 1. The van der Waals surface area contributed by atoms with Crippen LogP contribution in [-0.4, -0.2) is 13.4 Å². The summed E-state index contributed by atoms with van der Waals surface area (Å²) in [6, 6.07) is 14.2. The van der Waals surface area contributed by atoms with Crippen LogP contribution in [0.2, 0.25) is 5.02 Å². The molecule has 1 heterocycles. The van der Waals surface area contributed by atoms with Crippen molar-refractivity contribution in [2.45, 2.75) is 31.1 Å². The minimum Gasteiger partial charge on any atom is -0.255 e. The largest absolute Gasteiger partial charge is 0.263 e. The Labute approximate surface area is 162 Å². The number of rotatable bonds is 4. The Balaban J connectivity index is 1.81. The van der Waals surface area contributed by atoms with Crippen molar-refractivity contribution in [3.05, 3.63) is 64.5 Å². The molecule has 1 aromatic heterocycles. The van der Waals surface area contributed by atoms with Gasteiger partial charge in [-0.3, -0.25) is 4.72 Å². The lowest BCUT2D eigenvalue weighted by atomic mass is 9.87. The van der Waals surface area contributed by atoms with E-state index in [1.807, 2.05) is 29.6 Å². The molecule has 0 aliphatic heterocycles. The van der Waals surface area contributed by atoms with Gasteiger partial charge in [-0.2, -0.15) is 0 Å². The first-order valence-corrected chi connectivity index (χ1v) is 10.7. The van der Waals surface area contributed by atoms with E-state index in [4.69, 9.17) is 11.6 Å². The first-order valence-electron chi connectivity index (χ1n) is 8.00. The zero-order valence-corrected chi connectivity index (χ0v) is 17.0. The number of halogens is 1. The smallest absolute Gasteiger partial charge is 0.255 e. The van der Waals surface area contributed by atoms with Crippen LogP contribution in [0.4, 0.5) is 5.13 Å². The molecule has 0 atom stereocenters. The van der Waals surface area contributed by atoms with Crippen molar-refractivity contribution in [2.75, 3.05) is 4.72 Å². The number of nitrogens with one attached hydrogen (secondary N) is 1. The summed E-state index contributed by atoms with van der Waals surface area (Å²) >= 11 is 7.13. The maximum absolute atomic E-state index is 12.6. The van der Waals surface area contributed by atoms with Gasteiger partial charge < -0.3 is 0 Å². The number of nitrogens with zero attached hydrogens (tertiary/aromatic N) is 1. The van der Waals surface area contributed by atoms with Gasteiger partial charge in [0.15, 0.2) is 5.13 Å². The van der Waals surface area contributed by atoms with E-state index < -0.39 is 10.0 Å². The standard InChI is InChI=1S/C19H19ClN2O2S2/c1-19(2,3)14-6-10-16(11-7-14)26(23,24)22-18-21-17(12-25-18)13-4-8-15(20)9-5-13/h4-12H,1-3H3,(H,21,22). The fourth-order valence-electron chi connectivity index (χ4n) is 2.38. The third kappa shape index (κ3) is 4.26. The SMILES string of the molecule is CC(C)(C)c1ccc(S(=O)(=O)Nc2nc(-c3ccc(Cl)cc3)cs2)cc1. The van der Waals surface area contributed by atoms with E-state index in [0.717, 1.165) is 11.1 Å². The zero-order chi connectivity index (χ0) is 18.9.